The predicted octanol–water partition coefficient (Wildman–Crippen LogP) is 6.06. The minimum atomic E-state index is -4.92. The maximum absolute atomic E-state index is 15.3. The van der Waals surface area contributed by atoms with Crippen molar-refractivity contribution in [2.75, 3.05) is 11.6 Å². The van der Waals surface area contributed by atoms with Gasteiger partial charge in [-0.2, -0.15) is 13.2 Å². The van der Waals surface area contributed by atoms with Gasteiger partial charge in [-0.1, -0.05) is 13.0 Å². The first-order valence-electron chi connectivity index (χ1n) is 11.6. The van der Waals surface area contributed by atoms with E-state index in [1.165, 1.54) is 31.2 Å². The third-order valence-electron chi connectivity index (χ3n) is 6.67. The smallest absolute Gasteiger partial charge is 0.435 e. The lowest BCUT2D eigenvalue weighted by atomic mass is 9.93. The molecule has 0 spiro atoms. The summed E-state index contributed by atoms with van der Waals surface area (Å²) in [5.41, 5.74) is -1.62. The van der Waals surface area contributed by atoms with Crippen LogP contribution in [0.2, 0.25) is 0 Å². The second-order valence-corrected chi connectivity index (χ2v) is 11.8. The van der Waals surface area contributed by atoms with Crippen molar-refractivity contribution in [2.24, 2.45) is 0 Å². The average Bonchev–Trinajstić information content (AvgIpc) is 3.56. The summed E-state index contributed by atoms with van der Waals surface area (Å²) in [6.07, 6.45) is -2.28. The number of aryl methyl sites for hydroxylation is 1. The van der Waals surface area contributed by atoms with Crippen LogP contribution in [-0.2, 0) is 21.4 Å². The highest BCUT2D eigenvalue weighted by Gasteiger charge is 2.42. The molecule has 1 aliphatic rings. The monoisotopic (exact) mass is 551 g/mol. The van der Waals surface area contributed by atoms with E-state index in [1.807, 2.05) is 6.92 Å². The van der Waals surface area contributed by atoms with Gasteiger partial charge >= 0.3 is 6.18 Å². The number of hydrogen-bond donors (Lipinski definition) is 1. The molecule has 2 aromatic carbocycles. The Bertz CT molecular complexity index is 1570. The zero-order valence-electron chi connectivity index (χ0n) is 21.2. The molecular formula is C26H25F4N3O4S. The van der Waals surface area contributed by atoms with Gasteiger partial charge in [-0.15, -0.1) is 10.2 Å². The highest BCUT2D eigenvalue weighted by molar-refractivity contribution is 7.90. The third-order valence-corrected chi connectivity index (χ3v) is 7.79. The molecule has 0 unspecified atom stereocenters. The van der Waals surface area contributed by atoms with Crippen molar-refractivity contribution in [3.63, 3.8) is 0 Å². The van der Waals surface area contributed by atoms with E-state index in [2.05, 4.69) is 15.5 Å². The first-order chi connectivity index (χ1) is 17.5. The Hall–Kier alpha value is -3.54. The Morgan fingerprint density at radius 1 is 1.08 bits per heavy atom. The molecule has 1 N–H and O–H groups in total. The topological polar surface area (TPSA) is 98.2 Å². The molecule has 0 aliphatic heterocycles. The van der Waals surface area contributed by atoms with Crippen molar-refractivity contribution < 1.29 is 35.5 Å². The molecule has 0 atom stereocenters. The van der Waals surface area contributed by atoms with Crippen molar-refractivity contribution in [1.82, 2.24) is 10.2 Å². The van der Waals surface area contributed by atoms with E-state index < -0.39 is 50.4 Å². The van der Waals surface area contributed by atoms with E-state index in [-0.39, 0.29) is 27.3 Å². The van der Waals surface area contributed by atoms with E-state index in [0.717, 1.165) is 26.0 Å². The van der Waals surface area contributed by atoms with Crippen LogP contribution < -0.4 is 10.1 Å². The maximum Gasteiger partial charge on any atom is 0.435 e. The summed E-state index contributed by atoms with van der Waals surface area (Å²) in [5, 5.41) is 9.18. The van der Waals surface area contributed by atoms with Crippen molar-refractivity contribution in [1.29, 1.82) is 0 Å². The molecule has 4 rings (SSSR count). The van der Waals surface area contributed by atoms with Gasteiger partial charge in [-0.25, -0.2) is 12.8 Å². The van der Waals surface area contributed by atoms with Crippen LogP contribution >= 0.6 is 0 Å². The van der Waals surface area contributed by atoms with Gasteiger partial charge in [0.25, 0.3) is 11.8 Å². The summed E-state index contributed by atoms with van der Waals surface area (Å²) in [5.74, 6) is -2.08. The highest BCUT2D eigenvalue weighted by atomic mass is 32.2. The van der Waals surface area contributed by atoms with Crippen molar-refractivity contribution >= 4 is 21.4 Å². The van der Waals surface area contributed by atoms with E-state index >= 15 is 4.39 Å². The fourth-order valence-corrected chi connectivity index (χ4v) is 4.86. The Balaban J connectivity index is 1.80. The van der Waals surface area contributed by atoms with E-state index in [1.54, 1.807) is 13.0 Å². The zero-order chi connectivity index (χ0) is 28.2. The second-order valence-electron chi connectivity index (χ2n) is 9.78. The maximum atomic E-state index is 15.3. The number of alkyl halides is 3. The zero-order valence-corrected chi connectivity index (χ0v) is 22.1. The van der Waals surface area contributed by atoms with Gasteiger partial charge in [0.2, 0.25) is 0 Å². The molecule has 0 bridgehead atoms. The number of sulfone groups is 1. The SMILES string of the molecule is Cc1cc(C2(C)CC2)c(F)c(C)c1Oc1nnc(C(F)(F)F)c(C)c1C(=O)Nc1cccc(S(C)(=O)=O)c1. The molecule has 12 heteroatoms. The Morgan fingerprint density at radius 3 is 2.32 bits per heavy atom. The number of hydrogen-bond acceptors (Lipinski definition) is 6. The van der Waals surface area contributed by atoms with Crippen LogP contribution in [0.4, 0.5) is 23.2 Å². The average molecular weight is 552 g/mol. The predicted molar refractivity (Wildman–Crippen MR) is 132 cm³/mol. The number of rotatable bonds is 6. The molecule has 3 aromatic rings. The van der Waals surface area contributed by atoms with Crippen LogP contribution in [0.25, 0.3) is 0 Å². The summed E-state index contributed by atoms with van der Waals surface area (Å²) in [6.45, 7) is 6.13. The summed E-state index contributed by atoms with van der Waals surface area (Å²) in [4.78, 5) is 13.2. The fraction of sp³-hybridized carbons (Fsp3) is 0.346. The first kappa shape index (κ1) is 27.5. The normalized spacial score (nSPS) is 14.8. The molecule has 0 saturated heterocycles. The number of halogens is 4. The largest absolute Gasteiger partial charge is 0.436 e. The van der Waals surface area contributed by atoms with E-state index in [9.17, 15) is 26.4 Å². The van der Waals surface area contributed by atoms with E-state index in [0.29, 0.717) is 11.1 Å². The quantitative estimate of drug-likeness (QED) is 0.374. The number of carbonyl (C=O) groups excluding carboxylic acids is 1. The molecule has 1 fully saturated rings. The van der Waals surface area contributed by atoms with Crippen LogP contribution in [0.5, 0.6) is 11.6 Å². The Labute approximate surface area is 217 Å². The number of nitrogens with zero attached hydrogens (tertiary/aromatic N) is 2. The standard InChI is InChI=1S/C26H25F4N3O4S/c1-13-11-18(25(4)9-10-25)20(27)15(3)21(13)37-24-19(14(2)22(32-33-24)26(28,29)30)23(34)31-16-7-6-8-17(12-16)38(5,35)36/h6-8,11-12H,9-10H2,1-5H3,(H,31,34). The van der Waals surface area contributed by atoms with Gasteiger partial charge in [0.1, 0.15) is 17.1 Å². The molecule has 1 saturated carbocycles. The molecular weight excluding hydrogens is 526 g/mol. The van der Waals surface area contributed by atoms with Gasteiger partial charge in [-0.05, 0) is 80.0 Å². The lowest BCUT2D eigenvalue weighted by molar-refractivity contribution is -0.142. The lowest BCUT2D eigenvalue weighted by Crippen LogP contribution is -2.21. The lowest BCUT2D eigenvalue weighted by Gasteiger charge is -2.20. The Morgan fingerprint density at radius 2 is 1.74 bits per heavy atom. The number of aromatic nitrogens is 2. The van der Waals surface area contributed by atoms with Crippen LogP contribution in [0.3, 0.4) is 0 Å². The summed E-state index contributed by atoms with van der Waals surface area (Å²) in [6, 6.07) is 6.86. The number of benzene rings is 2. The van der Waals surface area contributed by atoms with Crippen LogP contribution in [0.1, 0.15) is 58.1 Å². The minimum Gasteiger partial charge on any atom is -0.436 e. The number of anilines is 1. The minimum absolute atomic E-state index is 0.0112. The third kappa shape index (κ3) is 5.22. The second kappa shape index (κ2) is 9.33. The molecule has 1 aliphatic carbocycles. The van der Waals surface area contributed by atoms with Gasteiger partial charge in [-0.3, -0.25) is 4.79 Å². The summed E-state index contributed by atoms with van der Waals surface area (Å²) in [7, 11) is -3.61. The molecule has 7 nitrogen and oxygen atoms in total. The van der Waals surface area contributed by atoms with Gasteiger partial charge < -0.3 is 10.1 Å². The van der Waals surface area contributed by atoms with Crippen molar-refractivity contribution in [2.45, 2.75) is 57.0 Å². The molecule has 38 heavy (non-hydrogen) atoms. The number of amides is 1. The van der Waals surface area contributed by atoms with Gasteiger partial charge in [0, 0.05) is 17.5 Å². The molecule has 0 radical (unpaired) electrons. The number of nitrogens with one attached hydrogen (secondary N) is 1. The molecule has 1 aromatic heterocycles. The van der Waals surface area contributed by atoms with Crippen LogP contribution in [-0.4, -0.2) is 30.8 Å². The molecule has 1 heterocycles. The summed E-state index contributed by atoms with van der Waals surface area (Å²) < 4.78 is 85.7. The number of carbonyl (C=O) groups is 1. The Kier molecular flexibility index (Phi) is 6.75. The fourth-order valence-electron chi connectivity index (χ4n) is 4.20. The first-order valence-corrected chi connectivity index (χ1v) is 13.5. The van der Waals surface area contributed by atoms with Gasteiger partial charge in [0.15, 0.2) is 15.5 Å². The molecule has 202 valence electrons. The van der Waals surface area contributed by atoms with Crippen molar-refractivity contribution in [3.8, 4) is 11.6 Å². The van der Waals surface area contributed by atoms with Crippen LogP contribution in [0, 0.1) is 26.6 Å². The highest BCUT2D eigenvalue weighted by Crippen LogP contribution is 2.50. The number of ether oxygens (including phenoxy) is 1. The summed E-state index contributed by atoms with van der Waals surface area (Å²) >= 11 is 0. The van der Waals surface area contributed by atoms with Crippen molar-refractivity contribution in [3.05, 3.63) is 69.7 Å². The van der Waals surface area contributed by atoms with E-state index in [4.69, 9.17) is 4.74 Å². The van der Waals surface area contributed by atoms with Crippen LogP contribution in [0.15, 0.2) is 35.2 Å². The molecule has 1 amide bonds. The van der Waals surface area contributed by atoms with Gasteiger partial charge in [0.05, 0.1) is 4.90 Å².